The molecule has 1 unspecified atom stereocenters. The molecule has 2 atom stereocenters. The number of rotatable bonds is 7. The molecule has 0 spiro atoms. The number of nitrogens with one attached hydrogen (secondary N) is 2. The molecular formula is C36H42F3N5O6. The van der Waals surface area contributed by atoms with Gasteiger partial charge in [0.15, 0.2) is 12.4 Å². The molecule has 2 aliphatic rings. The SMILES string of the molecule is C[C@@H](NC(=O)c1cc[n+]([O-])c(N2CCOCC2)c1)c1ccc(C2=C(CNC(=O)O)C=CC(C(C)(C)C)(C(F)(F)F)C2)cc1.[O-][n+]1ccccc1. The fourth-order valence-electron chi connectivity index (χ4n) is 5.91. The van der Waals surface area contributed by atoms with Gasteiger partial charge in [0, 0.05) is 24.7 Å². The fourth-order valence-corrected chi connectivity index (χ4v) is 5.91. The largest absolute Gasteiger partial charge is 0.711 e. The molecule has 2 aromatic heterocycles. The van der Waals surface area contributed by atoms with Gasteiger partial charge in [-0.15, -0.1) is 0 Å². The van der Waals surface area contributed by atoms with E-state index in [9.17, 15) is 33.2 Å². The van der Waals surface area contributed by atoms with Crippen LogP contribution in [-0.2, 0) is 4.74 Å². The summed E-state index contributed by atoms with van der Waals surface area (Å²) >= 11 is 0. The van der Waals surface area contributed by atoms with Gasteiger partial charge in [0.05, 0.1) is 36.4 Å². The second-order valence-corrected chi connectivity index (χ2v) is 13.1. The number of carboxylic acid groups (broad SMARTS) is 1. The summed E-state index contributed by atoms with van der Waals surface area (Å²) in [5.74, 6) is -0.0184. The van der Waals surface area contributed by atoms with E-state index in [4.69, 9.17) is 9.84 Å². The second-order valence-electron chi connectivity index (χ2n) is 13.1. The van der Waals surface area contributed by atoms with Gasteiger partial charge in [-0.2, -0.15) is 17.9 Å². The molecule has 1 fully saturated rings. The van der Waals surface area contributed by atoms with Gasteiger partial charge in [0.1, 0.15) is 13.1 Å². The van der Waals surface area contributed by atoms with Crippen molar-refractivity contribution in [3.05, 3.63) is 118 Å². The van der Waals surface area contributed by atoms with Gasteiger partial charge in [-0.3, -0.25) is 9.69 Å². The van der Waals surface area contributed by atoms with Crippen LogP contribution in [0, 0.1) is 21.2 Å². The van der Waals surface area contributed by atoms with Crippen molar-refractivity contribution in [3.8, 4) is 0 Å². The fraction of sp³-hybridized carbons (Fsp3) is 0.389. The van der Waals surface area contributed by atoms with E-state index in [1.54, 1.807) is 76.2 Å². The number of carbonyl (C=O) groups excluding carboxylic acids is 1. The average molecular weight is 698 g/mol. The summed E-state index contributed by atoms with van der Waals surface area (Å²) in [4.78, 5) is 26.1. The highest BCUT2D eigenvalue weighted by Crippen LogP contribution is 2.58. The molecule has 0 bridgehead atoms. The standard InChI is InChI=1S/C31H37F3N4O5.C5H5NO/c1-20(36-27(39)23-10-12-38(42)26(17-23)37-13-15-43-16-14-37)21-5-7-22(8-6-21)25-18-30(29(2,3)4,31(32,33)34)11-9-24(25)19-35-28(40)41;7-6-4-2-1-3-5-6/h5-12,17,20,35H,13-16,18-19H2,1-4H3,(H,36,39)(H,40,41);1-5H/t20-,30?;/m1./s1. The van der Waals surface area contributed by atoms with Crippen molar-refractivity contribution in [1.82, 2.24) is 10.6 Å². The first kappa shape index (κ1) is 37.7. The molecule has 2 amide bonds. The molecule has 1 aliphatic carbocycles. The van der Waals surface area contributed by atoms with E-state index in [-0.39, 0.29) is 18.9 Å². The van der Waals surface area contributed by atoms with Crippen molar-refractivity contribution in [2.45, 2.75) is 46.3 Å². The second kappa shape index (κ2) is 15.6. The number of nitrogens with zero attached hydrogens (tertiary/aromatic N) is 3. The Morgan fingerprint density at radius 1 is 1.02 bits per heavy atom. The van der Waals surface area contributed by atoms with E-state index in [1.807, 2.05) is 4.90 Å². The highest BCUT2D eigenvalue weighted by atomic mass is 19.4. The maximum atomic E-state index is 14.6. The Kier molecular flexibility index (Phi) is 11.8. The lowest BCUT2D eigenvalue weighted by atomic mass is 9.60. The van der Waals surface area contributed by atoms with E-state index >= 15 is 0 Å². The van der Waals surface area contributed by atoms with Gasteiger partial charge in [-0.05, 0) is 47.1 Å². The zero-order valence-electron chi connectivity index (χ0n) is 28.4. The Hall–Kier alpha value is -5.11. The summed E-state index contributed by atoms with van der Waals surface area (Å²) in [5.41, 5.74) is -0.895. The number of morpholine rings is 1. The first-order chi connectivity index (χ1) is 23.5. The average Bonchev–Trinajstić information content (AvgIpc) is 3.07. The molecule has 3 N–H and O–H groups in total. The first-order valence-electron chi connectivity index (χ1n) is 16.1. The molecule has 268 valence electrons. The van der Waals surface area contributed by atoms with Gasteiger partial charge in [-0.25, -0.2) is 9.52 Å². The lowest BCUT2D eigenvalue weighted by Crippen LogP contribution is -2.48. The molecule has 11 nitrogen and oxygen atoms in total. The molecule has 1 saturated heterocycles. The third-order valence-corrected chi connectivity index (χ3v) is 8.98. The maximum absolute atomic E-state index is 14.6. The number of carbonyl (C=O) groups is 2. The number of halogens is 3. The zero-order chi connectivity index (χ0) is 36.7. The van der Waals surface area contributed by atoms with Crippen molar-refractivity contribution in [1.29, 1.82) is 0 Å². The quantitative estimate of drug-likeness (QED) is 0.217. The Balaban J connectivity index is 0.000000714. The molecule has 14 heteroatoms. The van der Waals surface area contributed by atoms with Crippen LogP contribution < -0.4 is 25.0 Å². The van der Waals surface area contributed by atoms with E-state index in [0.29, 0.717) is 59.1 Å². The summed E-state index contributed by atoms with van der Waals surface area (Å²) in [6, 6.07) is 14.6. The van der Waals surface area contributed by atoms with E-state index < -0.39 is 29.1 Å². The molecule has 1 aliphatic heterocycles. The van der Waals surface area contributed by atoms with Crippen molar-refractivity contribution < 1.29 is 42.1 Å². The minimum absolute atomic E-state index is 0.139. The molecule has 0 saturated carbocycles. The van der Waals surface area contributed by atoms with Crippen LogP contribution in [0.5, 0.6) is 0 Å². The van der Waals surface area contributed by atoms with E-state index in [1.165, 1.54) is 30.7 Å². The zero-order valence-corrected chi connectivity index (χ0v) is 28.4. The predicted octanol–water partition coefficient (Wildman–Crippen LogP) is 5.54. The molecule has 3 aromatic rings. The number of allylic oxidation sites excluding steroid dienone is 2. The summed E-state index contributed by atoms with van der Waals surface area (Å²) in [5, 5.41) is 36.8. The number of alkyl halides is 3. The van der Waals surface area contributed by atoms with Crippen LogP contribution in [0.1, 0.15) is 61.6 Å². The van der Waals surface area contributed by atoms with Crippen LogP contribution in [-0.4, -0.2) is 56.1 Å². The molecule has 5 rings (SSSR count). The van der Waals surface area contributed by atoms with Gasteiger partial charge in [0.25, 0.3) is 11.7 Å². The highest BCUT2D eigenvalue weighted by Gasteiger charge is 2.60. The molecule has 1 aromatic carbocycles. The number of hydrogen-bond donors (Lipinski definition) is 3. The van der Waals surface area contributed by atoms with Gasteiger partial charge in [-0.1, -0.05) is 63.3 Å². The molecular weight excluding hydrogens is 655 g/mol. The minimum Gasteiger partial charge on any atom is -0.711 e. The van der Waals surface area contributed by atoms with Gasteiger partial charge >= 0.3 is 12.3 Å². The number of anilines is 1. The molecule has 50 heavy (non-hydrogen) atoms. The van der Waals surface area contributed by atoms with Gasteiger partial charge in [0.2, 0.25) is 0 Å². The van der Waals surface area contributed by atoms with Crippen molar-refractivity contribution in [2.24, 2.45) is 10.8 Å². The van der Waals surface area contributed by atoms with Gasteiger partial charge < -0.3 is 30.9 Å². The third kappa shape index (κ3) is 8.91. The lowest BCUT2D eigenvalue weighted by molar-refractivity contribution is -0.605. The predicted molar refractivity (Wildman–Crippen MR) is 181 cm³/mol. The van der Waals surface area contributed by atoms with Crippen LogP contribution in [0.3, 0.4) is 0 Å². The minimum atomic E-state index is -4.54. The molecule has 0 radical (unpaired) electrons. The number of benzene rings is 1. The number of ether oxygens (including phenoxy) is 1. The van der Waals surface area contributed by atoms with Crippen molar-refractivity contribution >= 4 is 23.4 Å². The van der Waals surface area contributed by atoms with Crippen molar-refractivity contribution in [3.63, 3.8) is 0 Å². The Morgan fingerprint density at radius 2 is 1.66 bits per heavy atom. The monoisotopic (exact) mass is 697 g/mol. The number of hydrogen-bond acceptors (Lipinski definition) is 6. The summed E-state index contributed by atoms with van der Waals surface area (Å²) in [6.07, 6.45) is 0.551. The number of amides is 2. The first-order valence-corrected chi connectivity index (χ1v) is 16.1. The third-order valence-electron chi connectivity index (χ3n) is 8.98. The summed E-state index contributed by atoms with van der Waals surface area (Å²) in [7, 11) is 0. The Labute approximate surface area is 288 Å². The van der Waals surface area contributed by atoms with E-state index in [0.717, 1.165) is 16.4 Å². The van der Waals surface area contributed by atoms with Crippen LogP contribution in [0.4, 0.5) is 23.8 Å². The Morgan fingerprint density at radius 3 is 2.20 bits per heavy atom. The smallest absolute Gasteiger partial charge is 0.404 e. The number of pyridine rings is 2. The van der Waals surface area contributed by atoms with Crippen LogP contribution in [0.25, 0.3) is 5.57 Å². The van der Waals surface area contributed by atoms with E-state index in [2.05, 4.69) is 10.6 Å². The topological polar surface area (TPSA) is 145 Å². The number of aromatic nitrogens is 2. The van der Waals surface area contributed by atoms with Crippen molar-refractivity contribution in [2.75, 3.05) is 37.7 Å². The normalized spacial score (nSPS) is 18.5. The lowest BCUT2D eigenvalue weighted by Gasteiger charge is -2.46. The van der Waals surface area contributed by atoms with Crippen LogP contribution in [0.15, 0.2) is 90.9 Å². The summed E-state index contributed by atoms with van der Waals surface area (Å²) < 4.78 is 50.5. The van der Waals surface area contributed by atoms with Crippen LogP contribution >= 0.6 is 0 Å². The maximum Gasteiger partial charge on any atom is 0.404 e. The van der Waals surface area contributed by atoms with Crippen LogP contribution in [0.2, 0.25) is 0 Å². The highest BCUT2D eigenvalue weighted by molar-refractivity contribution is 5.94. The Bertz CT molecular complexity index is 1690. The summed E-state index contributed by atoms with van der Waals surface area (Å²) in [6.45, 7) is 8.33. The molecule has 3 heterocycles.